The van der Waals surface area contributed by atoms with Gasteiger partial charge in [0.2, 0.25) is 0 Å². The topological polar surface area (TPSA) is 35.5 Å². The summed E-state index contributed by atoms with van der Waals surface area (Å²) in [5, 5.41) is 0. The minimum Gasteiger partial charge on any atom is -0.435 e. The molecule has 0 aliphatic rings. The fourth-order valence-electron chi connectivity index (χ4n) is 0.498. The van der Waals surface area contributed by atoms with Gasteiger partial charge in [-0.2, -0.15) is 0 Å². The quantitative estimate of drug-likeness (QED) is 0.216. The molecule has 0 aliphatic carbocycles. The van der Waals surface area contributed by atoms with Crippen LogP contribution in [0.15, 0.2) is 23.8 Å². The van der Waals surface area contributed by atoms with Crippen LogP contribution in [0.1, 0.15) is 20.8 Å². The lowest BCUT2D eigenvalue weighted by atomic mass is 10.2. The zero-order valence-electron chi connectivity index (χ0n) is 8.42. The standard InChI is InChI=1S/C10H16O3/c1-5-10(11)13-7-12-6-9(4)8(2)3/h5H,1,6-7H2,2-4H3. The summed E-state index contributed by atoms with van der Waals surface area (Å²) in [4.78, 5) is 10.6. The number of carbonyl (C=O) groups is 1. The van der Waals surface area contributed by atoms with Gasteiger partial charge in [-0.05, 0) is 26.3 Å². The predicted molar refractivity (Wildman–Crippen MR) is 51.2 cm³/mol. The maximum Gasteiger partial charge on any atom is 0.332 e. The maximum absolute atomic E-state index is 10.6. The summed E-state index contributed by atoms with van der Waals surface area (Å²) in [5.41, 5.74) is 2.37. The molecule has 0 aromatic rings. The zero-order valence-corrected chi connectivity index (χ0v) is 8.42. The molecule has 3 nitrogen and oxygen atoms in total. The van der Waals surface area contributed by atoms with E-state index in [4.69, 9.17) is 4.74 Å². The summed E-state index contributed by atoms with van der Waals surface area (Å²) >= 11 is 0. The van der Waals surface area contributed by atoms with Crippen LogP contribution in [-0.2, 0) is 14.3 Å². The Morgan fingerprint density at radius 1 is 1.38 bits per heavy atom. The molecule has 0 fully saturated rings. The molecule has 3 heteroatoms. The molecule has 0 N–H and O–H groups in total. The molecule has 0 saturated heterocycles. The lowest BCUT2D eigenvalue weighted by molar-refractivity contribution is -0.149. The summed E-state index contributed by atoms with van der Waals surface area (Å²) in [6.45, 7) is 9.73. The smallest absolute Gasteiger partial charge is 0.332 e. The van der Waals surface area contributed by atoms with E-state index >= 15 is 0 Å². The Balaban J connectivity index is 3.52. The highest BCUT2D eigenvalue weighted by atomic mass is 16.7. The van der Waals surface area contributed by atoms with Crippen LogP contribution < -0.4 is 0 Å². The Labute approximate surface area is 79.0 Å². The second-order valence-corrected chi connectivity index (χ2v) is 2.91. The van der Waals surface area contributed by atoms with Crippen molar-refractivity contribution >= 4 is 5.97 Å². The van der Waals surface area contributed by atoms with Crippen molar-refractivity contribution in [2.24, 2.45) is 0 Å². The van der Waals surface area contributed by atoms with Gasteiger partial charge in [0, 0.05) is 6.08 Å². The van der Waals surface area contributed by atoms with Gasteiger partial charge in [0.15, 0.2) is 6.79 Å². The third kappa shape index (κ3) is 6.11. The van der Waals surface area contributed by atoms with E-state index in [0.29, 0.717) is 6.61 Å². The van der Waals surface area contributed by atoms with Crippen molar-refractivity contribution < 1.29 is 14.3 Å². The molecular weight excluding hydrogens is 168 g/mol. The Bertz CT molecular complexity index is 212. The van der Waals surface area contributed by atoms with Crippen LogP contribution in [0.25, 0.3) is 0 Å². The second kappa shape index (κ2) is 6.43. The van der Waals surface area contributed by atoms with E-state index in [9.17, 15) is 4.79 Å². The van der Waals surface area contributed by atoms with Gasteiger partial charge in [0.25, 0.3) is 0 Å². The number of hydrogen-bond donors (Lipinski definition) is 0. The molecule has 0 atom stereocenters. The van der Waals surface area contributed by atoms with Gasteiger partial charge in [-0.1, -0.05) is 12.2 Å². The summed E-state index contributed by atoms with van der Waals surface area (Å²) < 4.78 is 9.70. The van der Waals surface area contributed by atoms with Crippen molar-refractivity contribution in [2.45, 2.75) is 20.8 Å². The van der Waals surface area contributed by atoms with Crippen LogP contribution in [0.2, 0.25) is 0 Å². The minimum absolute atomic E-state index is 0.0184. The highest BCUT2D eigenvalue weighted by molar-refractivity contribution is 5.81. The first kappa shape index (κ1) is 11.9. The van der Waals surface area contributed by atoms with Gasteiger partial charge in [0.05, 0.1) is 6.61 Å². The summed E-state index contributed by atoms with van der Waals surface area (Å²) in [7, 11) is 0. The van der Waals surface area contributed by atoms with E-state index in [1.54, 1.807) is 0 Å². The molecule has 0 aromatic carbocycles. The third-order valence-electron chi connectivity index (χ3n) is 1.62. The molecule has 74 valence electrons. The number of carbonyl (C=O) groups excluding carboxylic acids is 1. The van der Waals surface area contributed by atoms with E-state index in [2.05, 4.69) is 11.3 Å². The van der Waals surface area contributed by atoms with Gasteiger partial charge in [-0.3, -0.25) is 0 Å². The fourth-order valence-corrected chi connectivity index (χ4v) is 0.498. The normalized spacial score (nSPS) is 9.15. The minimum atomic E-state index is -0.463. The van der Waals surface area contributed by atoms with Crippen LogP contribution in [0.5, 0.6) is 0 Å². The number of rotatable bonds is 5. The van der Waals surface area contributed by atoms with Gasteiger partial charge in [-0.25, -0.2) is 4.79 Å². The van der Waals surface area contributed by atoms with Crippen molar-refractivity contribution in [2.75, 3.05) is 13.4 Å². The van der Waals surface area contributed by atoms with Gasteiger partial charge < -0.3 is 9.47 Å². The second-order valence-electron chi connectivity index (χ2n) is 2.91. The molecule has 0 rings (SSSR count). The van der Waals surface area contributed by atoms with E-state index in [0.717, 1.165) is 11.6 Å². The first-order valence-corrected chi connectivity index (χ1v) is 4.07. The molecule has 0 radical (unpaired) electrons. The Morgan fingerprint density at radius 2 is 2.00 bits per heavy atom. The molecule has 0 saturated carbocycles. The van der Waals surface area contributed by atoms with Crippen LogP contribution in [0, 0.1) is 0 Å². The number of esters is 1. The number of hydrogen-bond acceptors (Lipinski definition) is 3. The summed E-state index contributed by atoms with van der Waals surface area (Å²) in [6, 6.07) is 0. The van der Waals surface area contributed by atoms with Crippen LogP contribution in [-0.4, -0.2) is 19.4 Å². The lowest BCUT2D eigenvalue weighted by Crippen LogP contribution is -2.07. The molecule has 0 bridgehead atoms. The molecule has 0 unspecified atom stereocenters. The van der Waals surface area contributed by atoms with Crippen LogP contribution in [0.3, 0.4) is 0 Å². The fraction of sp³-hybridized carbons (Fsp3) is 0.500. The average Bonchev–Trinajstić information content (AvgIpc) is 2.11. The van der Waals surface area contributed by atoms with Crippen molar-refractivity contribution in [1.82, 2.24) is 0 Å². The first-order chi connectivity index (χ1) is 6.07. The number of allylic oxidation sites excluding steroid dienone is 1. The monoisotopic (exact) mass is 184 g/mol. The molecule has 0 heterocycles. The summed E-state index contributed by atoms with van der Waals surface area (Å²) in [6.07, 6.45) is 1.11. The highest BCUT2D eigenvalue weighted by Crippen LogP contribution is 2.01. The lowest BCUT2D eigenvalue weighted by Gasteiger charge is -2.05. The third-order valence-corrected chi connectivity index (χ3v) is 1.62. The van der Waals surface area contributed by atoms with E-state index in [1.807, 2.05) is 20.8 Å². The Morgan fingerprint density at radius 3 is 2.46 bits per heavy atom. The molecule has 0 aliphatic heterocycles. The average molecular weight is 184 g/mol. The van der Waals surface area contributed by atoms with Gasteiger partial charge >= 0.3 is 5.97 Å². The maximum atomic E-state index is 10.6. The highest BCUT2D eigenvalue weighted by Gasteiger charge is 1.96. The summed E-state index contributed by atoms with van der Waals surface area (Å²) in [5.74, 6) is -0.463. The predicted octanol–water partition coefficient (Wildman–Crippen LogP) is 2.05. The van der Waals surface area contributed by atoms with Crippen molar-refractivity contribution in [3.05, 3.63) is 23.8 Å². The van der Waals surface area contributed by atoms with E-state index in [1.165, 1.54) is 5.57 Å². The SMILES string of the molecule is C=CC(=O)OCOCC(C)=C(C)C. The first-order valence-electron chi connectivity index (χ1n) is 4.07. The largest absolute Gasteiger partial charge is 0.435 e. The molecular formula is C10H16O3. The molecule has 13 heavy (non-hydrogen) atoms. The van der Waals surface area contributed by atoms with Crippen molar-refractivity contribution in [3.63, 3.8) is 0 Å². The van der Waals surface area contributed by atoms with E-state index in [-0.39, 0.29) is 6.79 Å². The Hall–Kier alpha value is -1.09. The van der Waals surface area contributed by atoms with Gasteiger partial charge in [-0.15, -0.1) is 0 Å². The molecule has 0 aromatic heterocycles. The van der Waals surface area contributed by atoms with Crippen molar-refractivity contribution in [3.8, 4) is 0 Å². The Kier molecular flexibility index (Phi) is 5.89. The molecule has 0 spiro atoms. The zero-order chi connectivity index (χ0) is 10.3. The number of ether oxygens (including phenoxy) is 2. The van der Waals surface area contributed by atoms with Gasteiger partial charge in [0.1, 0.15) is 0 Å². The molecule has 0 amide bonds. The van der Waals surface area contributed by atoms with Crippen LogP contribution in [0.4, 0.5) is 0 Å². The van der Waals surface area contributed by atoms with Crippen molar-refractivity contribution in [1.29, 1.82) is 0 Å². The van der Waals surface area contributed by atoms with E-state index < -0.39 is 5.97 Å². The van der Waals surface area contributed by atoms with Crippen LogP contribution >= 0.6 is 0 Å².